The Morgan fingerprint density at radius 3 is 2.46 bits per heavy atom. The topological polar surface area (TPSA) is 86.1 Å². The molecule has 24 heavy (non-hydrogen) atoms. The maximum absolute atomic E-state index is 12.3. The molecule has 0 saturated heterocycles. The Kier molecular flexibility index (Phi) is 6.74. The van der Waals surface area contributed by atoms with Crippen LogP contribution >= 0.6 is 0 Å². The van der Waals surface area contributed by atoms with E-state index < -0.39 is 10.0 Å². The molecule has 2 rings (SSSR count). The average molecular weight is 352 g/mol. The molecule has 1 unspecified atom stereocenters. The van der Waals surface area contributed by atoms with Crippen LogP contribution in [0.1, 0.15) is 20.3 Å². The highest BCUT2D eigenvalue weighted by molar-refractivity contribution is 7.89. The van der Waals surface area contributed by atoms with Crippen LogP contribution in [0.5, 0.6) is 5.75 Å². The highest BCUT2D eigenvalue weighted by Crippen LogP contribution is 2.09. The molecule has 7 nitrogen and oxygen atoms in total. The highest BCUT2D eigenvalue weighted by atomic mass is 32.2. The molecule has 1 atom stereocenters. The van der Waals surface area contributed by atoms with Gasteiger partial charge in [0.05, 0.1) is 31.3 Å². The molecular formula is C16H24N4O3S. The minimum absolute atomic E-state index is 0.0234. The fraction of sp³-hybridized carbons (Fsp3) is 0.500. The van der Waals surface area contributed by atoms with Crippen molar-refractivity contribution in [3.63, 3.8) is 0 Å². The number of ether oxygens (including phenoxy) is 1. The lowest BCUT2D eigenvalue weighted by molar-refractivity contribution is 0.316. The summed E-state index contributed by atoms with van der Waals surface area (Å²) in [4.78, 5) is 1.49. The van der Waals surface area contributed by atoms with E-state index in [0.29, 0.717) is 19.6 Å². The Hall–Kier alpha value is -1.93. The first-order valence-electron chi connectivity index (χ1n) is 7.98. The molecule has 0 amide bonds. The van der Waals surface area contributed by atoms with Crippen LogP contribution in [0.25, 0.3) is 0 Å². The summed E-state index contributed by atoms with van der Waals surface area (Å²) in [6.07, 6.45) is 3.58. The van der Waals surface area contributed by atoms with E-state index in [1.807, 2.05) is 44.2 Å². The van der Waals surface area contributed by atoms with Crippen LogP contribution in [0.2, 0.25) is 0 Å². The van der Waals surface area contributed by atoms with E-state index >= 15 is 0 Å². The molecule has 8 heteroatoms. The second-order valence-electron chi connectivity index (χ2n) is 5.89. The molecule has 0 saturated carbocycles. The molecule has 0 radical (unpaired) electrons. The zero-order valence-corrected chi connectivity index (χ0v) is 14.8. The van der Waals surface area contributed by atoms with Gasteiger partial charge in [-0.2, -0.15) is 15.0 Å². The quantitative estimate of drug-likeness (QED) is 0.658. The normalized spacial score (nSPS) is 13.1. The Labute approximate surface area is 143 Å². The summed E-state index contributed by atoms with van der Waals surface area (Å²) in [7, 11) is -3.38. The van der Waals surface area contributed by atoms with Crippen LogP contribution < -0.4 is 9.46 Å². The summed E-state index contributed by atoms with van der Waals surface area (Å²) >= 11 is 0. The van der Waals surface area contributed by atoms with Gasteiger partial charge >= 0.3 is 0 Å². The maximum atomic E-state index is 12.3. The third-order valence-electron chi connectivity index (χ3n) is 3.53. The Morgan fingerprint density at radius 1 is 1.17 bits per heavy atom. The van der Waals surface area contributed by atoms with Crippen LogP contribution in [0.3, 0.4) is 0 Å². The fourth-order valence-electron chi connectivity index (χ4n) is 2.14. The van der Waals surface area contributed by atoms with Crippen molar-refractivity contribution < 1.29 is 13.2 Å². The minimum atomic E-state index is -3.38. The van der Waals surface area contributed by atoms with Crippen LogP contribution in [0.15, 0.2) is 42.7 Å². The predicted octanol–water partition coefficient (Wildman–Crippen LogP) is 1.69. The SMILES string of the molecule is CC(C)C(Cn1nccn1)NS(=O)(=O)CCCOc1ccccc1. The summed E-state index contributed by atoms with van der Waals surface area (Å²) < 4.78 is 32.8. The first-order valence-corrected chi connectivity index (χ1v) is 9.63. The molecule has 1 heterocycles. The number of aromatic nitrogens is 3. The van der Waals surface area contributed by atoms with Gasteiger partial charge in [0.2, 0.25) is 10.0 Å². The van der Waals surface area contributed by atoms with Gasteiger partial charge < -0.3 is 4.74 Å². The monoisotopic (exact) mass is 352 g/mol. The predicted molar refractivity (Wildman–Crippen MR) is 92.1 cm³/mol. The van der Waals surface area contributed by atoms with Gasteiger partial charge in [-0.3, -0.25) is 0 Å². The molecule has 2 aromatic rings. The lowest BCUT2D eigenvalue weighted by atomic mass is 10.1. The number of nitrogens with one attached hydrogen (secondary N) is 1. The van der Waals surface area contributed by atoms with Crippen molar-refractivity contribution in [2.75, 3.05) is 12.4 Å². The maximum Gasteiger partial charge on any atom is 0.212 e. The number of para-hydroxylation sites is 1. The molecule has 0 bridgehead atoms. The van der Waals surface area contributed by atoms with Crippen LogP contribution in [0, 0.1) is 5.92 Å². The van der Waals surface area contributed by atoms with Crippen LogP contribution in [-0.2, 0) is 16.6 Å². The summed E-state index contributed by atoms with van der Waals surface area (Å²) in [5.41, 5.74) is 0. The van der Waals surface area contributed by atoms with Gasteiger partial charge in [0.1, 0.15) is 5.75 Å². The molecule has 0 fully saturated rings. The van der Waals surface area contributed by atoms with Crippen molar-refractivity contribution in [2.24, 2.45) is 5.92 Å². The smallest absolute Gasteiger partial charge is 0.212 e. The molecule has 0 aliphatic carbocycles. The molecule has 0 spiro atoms. The van der Waals surface area contributed by atoms with E-state index in [2.05, 4.69) is 14.9 Å². The van der Waals surface area contributed by atoms with Gasteiger partial charge in [-0.05, 0) is 24.5 Å². The van der Waals surface area contributed by atoms with Crippen molar-refractivity contribution in [3.05, 3.63) is 42.7 Å². The number of hydrogen-bond donors (Lipinski definition) is 1. The number of hydrogen-bond acceptors (Lipinski definition) is 5. The second kappa shape index (κ2) is 8.79. The van der Waals surface area contributed by atoms with Gasteiger partial charge in [-0.1, -0.05) is 32.0 Å². The minimum Gasteiger partial charge on any atom is -0.494 e. The van der Waals surface area contributed by atoms with E-state index in [1.54, 1.807) is 12.4 Å². The van der Waals surface area contributed by atoms with Gasteiger partial charge in [-0.25, -0.2) is 13.1 Å². The van der Waals surface area contributed by atoms with E-state index in [9.17, 15) is 8.42 Å². The van der Waals surface area contributed by atoms with Gasteiger partial charge in [0.25, 0.3) is 0 Å². The van der Waals surface area contributed by atoms with Crippen LogP contribution in [-0.4, -0.2) is 41.8 Å². The van der Waals surface area contributed by atoms with Crippen molar-refractivity contribution in [2.45, 2.75) is 32.9 Å². The molecular weight excluding hydrogens is 328 g/mol. The van der Waals surface area contributed by atoms with Gasteiger partial charge in [-0.15, -0.1) is 0 Å². The van der Waals surface area contributed by atoms with Crippen LogP contribution in [0.4, 0.5) is 0 Å². The first-order chi connectivity index (χ1) is 11.5. The van der Waals surface area contributed by atoms with Gasteiger partial charge in [0, 0.05) is 6.04 Å². The average Bonchev–Trinajstić information content (AvgIpc) is 3.05. The Bertz CT molecular complexity index is 687. The lowest BCUT2D eigenvalue weighted by Gasteiger charge is -2.21. The third-order valence-corrected chi connectivity index (χ3v) is 5.02. The second-order valence-corrected chi connectivity index (χ2v) is 7.76. The molecule has 1 aromatic heterocycles. The molecule has 0 aliphatic rings. The summed E-state index contributed by atoms with van der Waals surface area (Å²) in [6.45, 7) is 4.70. The molecule has 1 N–H and O–H groups in total. The number of rotatable bonds is 10. The number of benzene rings is 1. The highest BCUT2D eigenvalue weighted by Gasteiger charge is 2.21. The summed E-state index contributed by atoms with van der Waals surface area (Å²) in [5.74, 6) is 0.897. The van der Waals surface area contributed by atoms with E-state index in [0.717, 1.165) is 5.75 Å². The van der Waals surface area contributed by atoms with Crippen molar-refractivity contribution in [1.82, 2.24) is 19.7 Å². The van der Waals surface area contributed by atoms with E-state index in [4.69, 9.17) is 4.74 Å². The number of nitrogens with zero attached hydrogens (tertiary/aromatic N) is 3. The van der Waals surface area contributed by atoms with E-state index in [1.165, 1.54) is 4.80 Å². The van der Waals surface area contributed by atoms with Crippen molar-refractivity contribution in [3.8, 4) is 5.75 Å². The number of sulfonamides is 1. The fourth-order valence-corrected chi connectivity index (χ4v) is 3.57. The lowest BCUT2D eigenvalue weighted by Crippen LogP contribution is -2.43. The summed E-state index contributed by atoms with van der Waals surface area (Å²) in [5, 5.41) is 8.06. The zero-order chi connectivity index (χ0) is 17.4. The summed E-state index contributed by atoms with van der Waals surface area (Å²) in [6, 6.07) is 9.10. The third kappa shape index (κ3) is 6.29. The van der Waals surface area contributed by atoms with Gasteiger partial charge in [0.15, 0.2) is 0 Å². The van der Waals surface area contributed by atoms with Crippen molar-refractivity contribution in [1.29, 1.82) is 0 Å². The van der Waals surface area contributed by atoms with E-state index in [-0.39, 0.29) is 17.7 Å². The Morgan fingerprint density at radius 2 is 1.83 bits per heavy atom. The Balaban J connectivity index is 1.80. The largest absolute Gasteiger partial charge is 0.494 e. The standard InChI is InChI=1S/C16H24N4O3S/c1-14(2)16(13-20-17-9-10-18-20)19-24(21,22)12-6-11-23-15-7-4-3-5-8-15/h3-5,7-10,14,16,19H,6,11-13H2,1-2H3. The zero-order valence-electron chi connectivity index (χ0n) is 14.0. The first kappa shape index (κ1) is 18.4. The van der Waals surface area contributed by atoms with Crippen molar-refractivity contribution >= 4 is 10.0 Å². The molecule has 1 aromatic carbocycles. The molecule has 132 valence electrons. The molecule has 0 aliphatic heterocycles.